The third-order valence-electron chi connectivity index (χ3n) is 5.72. The molecule has 1 aromatic carbocycles. The molecular formula is C22H28N4O3S. The maximum atomic E-state index is 13.0. The summed E-state index contributed by atoms with van der Waals surface area (Å²) in [4.78, 5) is 5.07. The Kier molecular flexibility index (Phi) is 6.08. The number of hydrogen-bond acceptors (Lipinski definition) is 6. The lowest BCUT2D eigenvalue weighted by atomic mass is 10.2. The highest BCUT2D eigenvalue weighted by Gasteiger charge is 2.22. The van der Waals surface area contributed by atoms with Gasteiger partial charge in [0.2, 0.25) is 0 Å². The Balaban J connectivity index is 1.43. The van der Waals surface area contributed by atoms with Crippen LogP contribution in [-0.4, -0.2) is 53.5 Å². The van der Waals surface area contributed by atoms with Gasteiger partial charge in [0.05, 0.1) is 10.6 Å². The molecule has 0 atom stereocenters. The standard InChI is InChI=1S/C22H28N4O3S/c1-18-22(19(2)29-23-18)17-25-12-7-11-24(14-15-25)16-20-8-6-13-26(20)30(27,28)21-9-4-3-5-10-21/h3-6,8-10,13H,7,11-12,14-17H2,1-2H3. The molecule has 3 aromatic rings. The van der Waals surface area contributed by atoms with E-state index in [-0.39, 0.29) is 0 Å². The van der Waals surface area contributed by atoms with Gasteiger partial charge in [-0.1, -0.05) is 23.4 Å². The molecule has 1 saturated heterocycles. The first kappa shape index (κ1) is 20.8. The van der Waals surface area contributed by atoms with Crippen LogP contribution < -0.4 is 0 Å². The van der Waals surface area contributed by atoms with Gasteiger partial charge in [0, 0.05) is 43.6 Å². The molecule has 4 rings (SSSR count). The van der Waals surface area contributed by atoms with Crippen LogP contribution in [-0.2, 0) is 23.1 Å². The first-order valence-electron chi connectivity index (χ1n) is 10.3. The first-order valence-corrected chi connectivity index (χ1v) is 11.7. The quantitative estimate of drug-likeness (QED) is 0.601. The van der Waals surface area contributed by atoms with Crippen LogP contribution in [0.4, 0.5) is 0 Å². The van der Waals surface area contributed by atoms with Crippen molar-refractivity contribution >= 4 is 10.0 Å². The fourth-order valence-corrected chi connectivity index (χ4v) is 5.37. The maximum Gasteiger partial charge on any atom is 0.267 e. The van der Waals surface area contributed by atoms with Gasteiger partial charge in [0.1, 0.15) is 5.76 Å². The highest BCUT2D eigenvalue weighted by atomic mass is 32.2. The molecule has 0 saturated carbocycles. The molecule has 1 fully saturated rings. The van der Waals surface area contributed by atoms with Gasteiger partial charge in [0.15, 0.2) is 0 Å². The van der Waals surface area contributed by atoms with Crippen molar-refractivity contribution in [1.29, 1.82) is 0 Å². The summed E-state index contributed by atoms with van der Waals surface area (Å²) in [6, 6.07) is 12.3. The van der Waals surface area contributed by atoms with Gasteiger partial charge in [-0.3, -0.25) is 9.80 Å². The second-order valence-corrected chi connectivity index (χ2v) is 9.64. The largest absolute Gasteiger partial charge is 0.361 e. The molecule has 3 heterocycles. The fraction of sp³-hybridized carbons (Fsp3) is 0.409. The Morgan fingerprint density at radius 2 is 1.63 bits per heavy atom. The molecule has 0 amide bonds. The van der Waals surface area contributed by atoms with E-state index >= 15 is 0 Å². The van der Waals surface area contributed by atoms with Crippen molar-refractivity contribution in [3.05, 3.63) is 71.4 Å². The van der Waals surface area contributed by atoms with E-state index in [0.29, 0.717) is 11.4 Å². The van der Waals surface area contributed by atoms with Crippen molar-refractivity contribution in [2.24, 2.45) is 0 Å². The number of rotatable bonds is 6. The summed E-state index contributed by atoms with van der Waals surface area (Å²) in [5.41, 5.74) is 2.92. The van der Waals surface area contributed by atoms with Crippen LogP contribution in [0, 0.1) is 13.8 Å². The molecule has 0 radical (unpaired) electrons. The predicted molar refractivity (Wildman–Crippen MR) is 115 cm³/mol. The smallest absolute Gasteiger partial charge is 0.267 e. The molecule has 0 spiro atoms. The zero-order valence-electron chi connectivity index (χ0n) is 17.5. The highest BCUT2D eigenvalue weighted by Crippen LogP contribution is 2.20. The Morgan fingerprint density at radius 1 is 0.933 bits per heavy atom. The zero-order valence-corrected chi connectivity index (χ0v) is 18.3. The fourth-order valence-electron chi connectivity index (χ4n) is 3.99. The van der Waals surface area contributed by atoms with Crippen molar-refractivity contribution in [3.63, 3.8) is 0 Å². The SMILES string of the molecule is Cc1noc(C)c1CN1CCCN(Cc2cccn2S(=O)(=O)c2ccccc2)CC1. The summed E-state index contributed by atoms with van der Waals surface area (Å²) in [6.45, 7) is 9.15. The van der Waals surface area contributed by atoms with Gasteiger partial charge in [-0.15, -0.1) is 0 Å². The molecule has 7 nitrogen and oxygen atoms in total. The molecular weight excluding hydrogens is 400 g/mol. The second kappa shape index (κ2) is 8.75. The zero-order chi connectivity index (χ0) is 21.1. The Hall–Kier alpha value is -2.42. The number of aryl methyl sites for hydroxylation is 2. The van der Waals surface area contributed by atoms with Gasteiger partial charge in [-0.05, 0) is 57.6 Å². The summed E-state index contributed by atoms with van der Waals surface area (Å²) < 4.78 is 32.8. The van der Waals surface area contributed by atoms with Crippen LogP contribution >= 0.6 is 0 Å². The molecule has 8 heteroatoms. The molecule has 160 valence electrons. The summed E-state index contributed by atoms with van der Waals surface area (Å²) >= 11 is 0. The van der Waals surface area contributed by atoms with Gasteiger partial charge < -0.3 is 4.52 Å². The Bertz CT molecular complexity index is 1070. The normalized spacial score (nSPS) is 16.6. The molecule has 1 aliphatic heterocycles. The third-order valence-corrected chi connectivity index (χ3v) is 7.46. The van der Waals surface area contributed by atoms with Crippen molar-refractivity contribution in [1.82, 2.24) is 18.9 Å². The van der Waals surface area contributed by atoms with E-state index < -0.39 is 10.0 Å². The average Bonchev–Trinajstić information content (AvgIpc) is 3.26. The summed E-state index contributed by atoms with van der Waals surface area (Å²) in [5.74, 6) is 0.887. The lowest BCUT2D eigenvalue weighted by molar-refractivity contribution is 0.244. The first-order chi connectivity index (χ1) is 14.4. The van der Waals surface area contributed by atoms with E-state index in [9.17, 15) is 8.42 Å². The van der Waals surface area contributed by atoms with Gasteiger partial charge in [-0.2, -0.15) is 0 Å². The molecule has 30 heavy (non-hydrogen) atoms. The number of benzene rings is 1. The molecule has 0 bridgehead atoms. The van der Waals surface area contributed by atoms with Crippen molar-refractivity contribution < 1.29 is 12.9 Å². The minimum Gasteiger partial charge on any atom is -0.361 e. The van der Waals surface area contributed by atoms with Crippen molar-refractivity contribution in [3.8, 4) is 0 Å². The topological polar surface area (TPSA) is 71.6 Å². The van der Waals surface area contributed by atoms with E-state index in [1.807, 2.05) is 26.0 Å². The van der Waals surface area contributed by atoms with Crippen molar-refractivity contribution in [2.75, 3.05) is 26.2 Å². The van der Waals surface area contributed by atoms with E-state index in [1.54, 1.807) is 36.5 Å². The van der Waals surface area contributed by atoms with Crippen LogP contribution in [0.15, 0.2) is 58.1 Å². The highest BCUT2D eigenvalue weighted by molar-refractivity contribution is 7.90. The van der Waals surface area contributed by atoms with E-state index in [4.69, 9.17) is 4.52 Å². The van der Waals surface area contributed by atoms with E-state index in [2.05, 4.69) is 15.0 Å². The minimum atomic E-state index is -3.58. The molecule has 0 unspecified atom stereocenters. The van der Waals surface area contributed by atoms with Crippen molar-refractivity contribution in [2.45, 2.75) is 38.3 Å². The monoisotopic (exact) mass is 428 g/mol. The van der Waals surface area contributed by atoms with Gasteiger partial charge >= 0.3 is 0 Å². The second-order valence-electron chi connectivity index (χ2n) is 7.82. The molecule has 0 aliphatic carbocycles. The van der Waals surface area contributed by atoms with Crippen LogP contribution in [0.3, 0.4) is 0 Å². The van der Waals surface area contributed by atoms with Crippen LogP contribution in [0.2, 0.25) is 0 Å². The van der Waals surface area contributed by atoms with Gasteiger partial charge in [-0.25, -0.2) is 12.4 Å². The van der Waals surface area contributed by atoms with Crippen LogP contribution in [0.5, 0.6) is 0 Å². The number of aromatic nitrogens is 2. The van der Waals surface area contributed by atoms with Crippen LogP contribution in [0.25, 0.3) is 0 Å². The lowest BCUT2D eigenvalue weighted by Gasteiger charge is -2.22. The van der Waals surface area contributed by atoms with Crippen LogP contribution in [0.1, 0.15) is 29.1 Å². The Morgan fingerprint density at radius 3 is 2.30 bits per heavy atom. The maximum absolute atomic E-state index is 13.0. The summed E-state index contributed by atoms with van der Waals surface area (Å²) in [5, 5.41) is 4.06. The van der Waals surface area contributed by atoms with E-state index in [1.165, 1.54) is 9.54 Å². The number of hydrogen-bond donors (Lipinski definition) is 0. The lowest BCUT2D eigenvalue weighted by Crippen LogP contribution is -2.31. The third kappa shape index (κ3) is 4.35. The molecule has 0 N–H and O–H groups in total. The molecule has 1 aliphatic rings. The average molecular weight is 429 g/mol. The molecule has 2 aromatic heterocycles. The Labute approximate surface area is 177 Å². The number of nitrogens with zero attached hydrogens (tertiary/aromatic N) is 4. The predicted octanol–water partition coefficient (Wildman–Crippen LogP) is 3.04. The minimum absolute atomic E-state index is 0.309. The van der Waals surface area contributed by atoms with E-state index in [0.717, 1.165) is 56.3 Å². The summed E-state index contributed by atoms with van der Waals surface area (Å²) in [6.07, 6.45) is 2.68. The van der Waals surface area contributed by atoms with Gasteiger partial charge in [0.25, 0.3) is 10.0 Å². The summed E-state index contributed by atoms with van der Waals surface area (Å²) in [7, 11) is -3.58.